The van der Waals surface area contributed by atoms with Crippen molar-refractivity contribution in [3.05, 3.63) is 0 Å². The van der Waals surface area contributed by atoms with E-state index < -0.39 is 72.5 Å². The molecule has 6 aliphatic rings. The summed E-state index contributed by atoms with van der Waals surface area (Å²) in [5.74, 6) is 0. The van der Waals surface area contributed by atoms with Crippen molar-refractivity contribution in [2.24, 2.45) is 0 Å². The molecule has 0 amide bonds. The van der Waals surface area contributed by atoms with Crippen molar-refractivity contribution in [2.45, 2.75) is 37.8 Å². The Morgan fingerprint density at radius 3 is 0.822 bits per heavy atom. The molecule has 0 aliphatic carbocycles. The lowest BCUT2D eigenvalue weighted by Gasteiger charge is -2.49. The van der Waals surface area contributed by atoms with Crippen molar-refractivity contribution in [2.75, 3.05) is 26.3 Å². The van der Waals surface area contributed by atoms with Gasteiger partial charge in [0.05, 0.1) is 26.3 Å². The Balaban J connectivity index is 0.000000220. The van der Waals surface area contributed by atoms with Crippen LogP contribution in [0.25, 0.3) is 0 Å². The fourth-order valence-corrected chi connectivity index (χ4v) is 4.21. The molecule has 0 unspecified atom stereocenters. The monoisotopic (exact) mass is 660 g/mol. The second-order valence-corrected chi connectivity index (χ2v) is 9.46. The second-order valence-electron chi connectivity index (χ2n) is 9.46. The second kappa shape index (κ2) is 19.6. The van der Waals surface area contributed by atoms with Crippen molar-refractivity contribution in [1.29, 1.82) is 0 Å². The van der Waals surface area contributed by atoms with E-state index in [9.17, 15) is 0 Å². The average Bonchev–Trinajstić information content (AvgIpc) is 3.61. The maximum Gasteiger partial charge on any atom is 0.582 e. The predicted octanol–water partition coefficient (Wildman–Crippen LogP) is -12.5. The third kappa shape index (κ3) is 14.0. The maximum absolute atomic E-state index is 8.94. The summed E-state index contributed by atoms with van der Waals surface area (Å²) < 4.78 is 52.8. The smallest absolute Gasteiger partial charge is 0.539 e. The van der Waals surface area contributed by atoms with E-state index in [4.69, 9.17) is 50.4 Å². The van der Waals surface area contributed by atoms with E-state index >= 15 is 0 Å². The van der Waals surface area contributed by atoms with Gasteiger partial charge in [0.15, 0.2) is 0 Å². The summed E-state index contributed by atoms with van der Waals surface area (Å²) in [7, 11) is -15.2. The van der Waals surface area contributed by atoms with Gasteiger partial charge in [-0.2, -0.15) is 0 Å². The Kier molecular flexibility index (Phi) is 17.8. The zero-order valence-electron chi connectivity index (χ0n) is 23.6. The largest absolute Gasteiger partial charge is 0.582 e. The molecule has 2 atom stereocenters. The lowest BCUT2D eigenvalue weighted by molar-refractivity contribution is -0.671. The zero-order chi connectivity index (χ0) is 32.3. The van der Waals surface area contributed by atoms with Crippen LogP contribution < -0.4 is 10.6 Å². The van der Waals surface area contributed by atoms with E-state index in [1.165, 1.54) is 38.8 Å². The Bertz CT molecular complexity index is 668. The van der Waals surface area contributed by atoms with Crippen LogP contribution in [0.1, 0.15) is 25.7 Å². The summed E-state index contributed by atoms with van der Waals surface area (Å²) in [6.07, 6.45) is 4.98. The first-order valence-corrected chi connectivity index (χ1v) is 13.5. The molecular formula is C10H34B10N2O23. The highest BCUT2D eigenvalue weighted by atomic mass is 17.0. The van der Waals surface area contributed by atoms with Gasteiger partial charge in [-0.05, 0) is 0 Å². The highest BCUT2D eigenvalue weighted by Gasteiger charge is 2.54. The van der Waals surface area contributed by atoms with Crippen LogP contribution in [0.3, 0.4) is 0 Å². The number of quaternary nitrogens is 2. The number of aliphatic hydroxyl groups is 2. The fraction of sp³-hybridized carbons (Fsp3) is 1.00. The van der Waals surface area contributed by atoms with Gasteiger partial charge in [0.25, 0.3) is 0 Å². The van der Waals surface area contributed by atoms with E-state index in [1.807, 2.05) is 0 Å². The molecule has 0 aromatic carbocycles. The van der Waals surface area contributed by atoms with Crippen molar-refractivity contribution < 1.29 is 121 Å². The molecular weight excluding hydrogens is 624 g/mol. The summed E-state index contributed by atoms with van der Waals surface area (Å²) in [6, 6.07) is 1.06. The first-order valence-electron chi connectivity index (χ1n) is 13.5. The van der Waals surface area contributed by atoms with Crippen LogP contribution in [-0.2, 0) is 54.9 Å². The SMILES string of the molecule is O.OB1OB(O)O[B-]2(O1)OB(O)OB(O)O2.OB1OB(O)O[B-]2(O1)OB(O)OB(O)O2.OC[C@@H]1CCC[NH2+]1.OC[C@@H]1CCC[NH2+]1. The van der Waals surface area contributed by atoms with E-state index in [0.717, 1.165) is 0 Å². The zero-order valence-corrected chi connectivity index (χ0v) is 23.6. The van der Waals surface area contributed by atoms with Crippen molar-refractivity contribution in [1.82, 2.24) is 0 Å². The summed E-state index contributed by atoms with van der Waals surface area (Å²) in [5, 5.41) is 93.0. The van der Waals surface area contributed by atoms with Gasteiger partial charge >= 0.3 is 72.5 Å². The standard InChI is InChI=1S/2C5H11NO.2B5H4O10.H2O/c2*7-4-5-2-1-3-6-5;2*6-1-10-2(7)13-5(12-1)14-3(8)11-4(9)15-5;/h2*5-7H,1-4H2;2*6-9H;1H2/q;;2*-1;/p+2/t2*5-;;;/m00.../s1. The molecule has 25 nitrogen and oxygen atoms in total. The molecule has 6 rings (SSSR count). The number of hydrogen-bond donors (Lipinski definition) is 12. The first kappa shape index (κ1) is 40.8. The van der Waals surface area contributed by atoms with Crippen LogP contribution in [0.2, 0.25) is 0 Å². The van der Waals surface area contributed by atoms with Crippen LogP contribution in [-0.4, -0.2) is 167 Å². The normalized spacial score (nSPS) is 27.3. The molecule has 6 heterocycles. The van der Waals surface area contributed by atoms with Gasteiger partial charge in [-0.1, -0.05) is 0 Å². The Hall–Kier alpha value is -0.351. The number of aliphatic hydroxyl groups excluding tert-OH is 2. The Morgan fingerprint density at radius 1 is 0.467 bits per heavy atom. The third-order valence-corrected chi connectivity index (χ3v) is 6.22. The van der Waals surface area contributed by atoms with Gasteiger partial charge in [0.1, 0.15) is 12.1 Å². The summed E-state index contributed by atoms with van der Waals surface area (Å²) in [6.45, 7) is -3.27. The van der Waals surface area contributed by atoms with Crippen LogP contribution >= 0.6 is 0 Å². The quantitative estimate of drug-likeness (QED) is 0.122. The van der Waals surface area contributed by atoms with Gasteiger partial charge < -0.3 is 121 Å². The molecule has 0 saturated carbocycles. The van der Waals surface area contributed by atoms with Gasteiger partial charge in [-0.25, -0.2) is 0 Å². The minimum absolute atomic E-state index is 0. The highest BCUT2D eigenvalue weighted by Crippen LogP contribution is 2.24. The average molecular weight is 658 g/mol. The Labute approximate surface area is 258 Å². The molecule has 0 aromatic rings. The van der Waals surface area contributed by atoms with Crippen LogP contribution in [0.4, 0.5) is 0 Å². The molecule has 45 heavy (non-hydrogen) atoms. The fourth-order valence-electron chi connectivity index (χ4n) is 4.21. The molecule has 0 bridgehead atoms. The van der Waals surface area contributed by atoms with Crippen molar-refractivity contribution in [3.8, 4) is 0 Å². The highest BCUT2D eigenvalue weighted by molar-refractivity contribution is 6.82. The lowest BCUT2D eigenvalue weighted by Crippen LogP contribution is -2.87. The number of hydrogen-bond acceptors (Lipinski definition) is 22. The molecule has 16 N–H and O–H groups in total. The topological polar surface area (TPSA) is 378 Å². The molecule has 0 radical (unpaired) electrons. The van der Waals surface area contributed by atoms with Crippen LogP contribution in [0.5, 0.6) is 0 Å². The van der Waals surface area contributed by atoms with E-state index in [1.54, 1.807) is 0 Å². The molecule has 35 heteroatoms. The predicted molar refractivity (Wildman–Crippen MR) is 146 cm³/mol. The first-order chi connectivity index (χ1) is 20.8. The molecule has 0 aromatic heterocycles. The molecule has 6 fully saturated rings. The minimum atomic E-state index is -3.21. The molecule has 6 aliphatic heterocycles. The van der Waals surface area contributed by atoms with E-state index in [-0.39, 0.29) is 5.48 Å². The number of nitrogens with two attached hydrogens (primary N) is 2. The Morgan fingerprint density at radius 2 is 0.689 bits per heavy atom. The van der Waals surface area contributed by atoms with Crippen LogP contribution in [0.15, 0.2) is 0 Å². The van der Waals surface area contributed by atoms with E-state index in [0.29, 0.717) is 25.3 Å². The van der Waals surface area contributed by atoms with E-state index in [2.05, 4.69) is 65.5 Å². The summed E-state index contributed by atoms with van der Waals surface area (Å²) in [4.78, 5) is 0. The van der Waals surface area contributed by atoms with Gasteiger partial charge in [-0.15, -0.1) is 0 Å². The summed E-state index contributed by atoms with van der Waals surface area (Å²) in [5.41, 5.74) is 0. The minimum Gasteiger partial charge on any atom is -0.539 e. The molecule has 6 saturated heterocycles. The third-order valence-electron chi connectivity index (χ3n) is 6.22. The van der Waals surface area contributed by atoms with Crippen molar-refractivity contribution in [3.63, 3.8) is 0 Å². The molecule has 2 spiro atoms. The van der Waals surface area contributed by atoms with Gasteiger partial charge in [-0.3, -0.25) is 0 Å². The lowest BCUT2D eigenvalue weighted by atomic mass is 9.84. The number of rotatable bonds is 2. The van der Waals surface area contributed by atoms with Gasteiger partial charge in [0.2, 0.25) is 0 Å². The van der Waals surface area contributed by atoms with Gasteiger partial charge in [0, 0.05) is 25.7 Å². The van der Waals surface area contributed by atoms with Crippen molar-refractivity contribution >= 4 is 72.5 Å². The summed E-state index contributed by atoms with van der Waals surface area (Å²) >= 11 is 0. The maximum atomic E-state index is 8.94. The van der Waals surface area contributed by atoms with Crippen LogP contribution in [0, 0.1) is 0 Å². The molecule has 252 valence electrons.